The van der Waals surface area contributed by atoms with Crippen LogP contribution in [0.5, 0.6) is 0 Å². The van der Waals surface area contributed by atoms with E-state index in [1.54, 1.807) is 0 Å². The van der Waals surface area contributed by atoms with Crippen LogP contribution in [-0.2, 0) is 4.79 Å². The highest BCUT2D eigenvalue weighted by Crippen LogP contribution is 2.25. The second kappa shape index (κ2) is 4.44. The predicted octanol–water partition coefficient (Wildman–Crippen LogP) is 3.23. The van der Waals surface area contributed by atoms with Crippen molar-refractivity contribution in [3.8, 4) is 0 Å². The van der Waals surface area contributed by atoms with Crippen LogP contribution in [0.2, 0.25) is 10.0 Å². The molecule has 0 unspecified atom stereocenters. The molecule has 0 saturated heterocycles. The van der Waals surface area contributed by atoms with Gasteiger partial charge in [0.15, 0.2) is 5.82 Å². The van der Waals surface area contributed by atoms with Gasteiger partial charge in [-0.15, -0.1) is 0 Å². The molecule has 1 aromatic carbocycles. The Labute approximate surface area is 89.6 Å². The second-order valence-electron chi connectivity index (χ2n) is 2.47. The molecule has 0 aliphatic rings. The van der Waals surface area contributed by atoms with Crippen LogP contribution >= 0.6 is 23.2 Å². The van der Waals surface area contributed by atoms with Gasteiger partial charge in [-0.25, -0.2) is 9.18 Å². The number of benzene rings is 1. The molecular weight excluding hydrogens is 230 g/mol. The quantitative estimate of drug-likeness (QED) is 0.631. The summed E-state index contributed by atoms with van der Waals surface area (Å²) in [5.74, 6) is -1.80. The van der Waals surface area contributed by atoms with E-state index in [0.29, 0.717) is 5.56 Å². The van der Waals surface area contributed by atoms with E-state index >= 15 is 0 Å². The van der Waals surface area contributed by atoms with Gasteiger partial charge in [0.25, 0.3) is 0 Å². The molecular formula is C9H5Cl2FO2. The van der Waals surface area contributed by atoms with Crippen LogP contribution in [0, 0.1) is 5.82 Å². The molecule has 5 heteroatoms. The first-order chi connectivity index (χ1) is 6.50. The average Bonchev–Trinajstić information content (AvgIpc) is 2.10. The monoisotopic (exact) mass is 234 g/mol. The van der Waals surface area contributed by atoms with Crippen molar-refractivity contribution >= 4 is 35.2 Å². The molecule has 0 aliphatic carbocycles. The topological polar surface area (TPSA) is 37.3 Å². The number of hydrogen-bond acceptors (Lipinski definition) is 1. The lowest BCUT2D eigenvalue weighted by molar-refractivity contribution is -0.131. The van der Waals surface area contributed by atoms with Gasteiger partial charge in [-0.2, -0.15) is 0 Å². The Hall–Kier alpha value is -1.06. The van der Waals surface area contributed by atoms with Crippen LogP contribution in [0.4, 0.5) is 4.39 Å². The lowest BCUT2D eigenvalue weighted by atomic mass is 10.2. The molecule has 1 rings (SSSR count). The van der Waals surface area contributed by atoms with Crippen molar-refractivity contribution in [2.24, 2.45) is 0 Å². The van der Waals surface area contributed by atoms with Gasteiger partial charge in [-0.1, -0.05) is 23.2 Å². The van der Waals surface area contributed by atoms with Gasteiger partial charge in [0, 0.05) is 6.08 Å². The van der Waals surface area contributed by atoms with E-state index in [2.05, 4.69) is 0 Å². The van der Waals surface area contributed by atoms with Gasteiger partial charge in [-0.3, -0.25) is 0 Å². The molecule has 74 valence electrons. The Balaban J connectivity index is 3.07. The first-order valence-electron chi connectivity index (χ1n) is 3.56. The molecule has 0 bridgehead atoms. The van der Waals surface area contributed by atoms with Gasteiger partial charge < -0.3 is 5.11 Å². The molecule has 0 heterocycles. The van der Waals surface area contributed by atoms with Crippen LogP contribution in [0.25, 0.3) is 6.08 Å². The maximum Gasteiger partial charge on any atom is 0.328 e. The summed E-state index contributed by atoms with van der Waals surface area (Å²) in [7, 11) is 0. The largest absolute Gasteiger partial charge is 0.478 e. The zero-order valence-corrected chi connectivity index (χ0v) is 8.31. The number of halogens is 3. The summed E-state index contributed by atoms with van der Waals surface area (Å²) in [6, 6.07) is 2.59. The molecule has 0 atom stereocenters. The predicted molar refractivity (Wildman–Crippen MR) is 53.1 cm³/mol. The maximum atomic E-state index is 12.9. The Morgan fingerprint density at radius 2 is 1.86 bits per heavy atom. The fourth-order valence-corrected chi connectivity index (χ4v) is 1.34. The second-order valence-corrected chi connectivity index (χ2v) is 3.28. The zero-order valence-electron chi connectivity index (χ0n) is 6.80. The smallest absolute Gasteiger partial charge is 0.328 e. The Kier molecular flexibility index (Phi) is 3.49. The summed E-state index contributed by atoms with van der Waals surface area (Å²) in [5, 5.41) is 8.07. The number of carbonyl (C=O) groups is 1. The highest BCUT2D eigenvalue weighted by Gasteiger charge is 2.05. The highest BCUT2D eigenvalue weighted by molar-refractivity contribution is 6.35. The van der Waals surface area contributed by atoms with Crippen molar-refractivity contribution in [3.05, 3.63) is 39.6 Å². The van der Waals surface area contributed by atoms with Crippen molar-refractivity contribution in [3.63, 3.8) is 0 Å². The van der Waals surface area contributed by atoms with Gasteiger partial charge in [0.05, 0.1) is 10.0 Å². The fourth-order valence-electron chi connectivity index (χ4n) is 0.839. The van der Waals surface area contributed by atoms with Crippen LogP contribution in [0.1, 0.15) is 5.56 Å². The van der Waals surface area contributed by atoms with Crippen LogP contribution in [0.3, 0.4) is 0 Å². The van der Waals surface area contributed by atoms with Crippen LogP contribution < -0.4 is 0 Å². The lowest BCUT2D eigenvalue weighted by Crippen LogP contribution is -1.87. The third-order valence-corrected chi connectivity index (χ3v) is 1.97. The minimum Gasteiger partial charge on any atom is -0.478 e. The van der Waals surface area contributed by atoms with Crippen molar-refractivity contribution in [1.29, 1.82) is 0 Å². The van der Waals surface area contributed by atoms with E-state index in [0.717, 1.165) is 6.08 Å². The first-order valence-corrected chi connectivity index (χ1v) is 4.32. The van der Waals surface area contributed by atoms with Crippen molar-refractivity contribution in [2.45, 2.75) is 0 Å². The minimum absolute atomic E-state index is 0.137. The third kappa shape index (κ3) is 2.72. The SMILES string of the molecule is O=C(O)/C=C/c1cc(Cl)c(F)c(Cl)c1. The van der Waals surface area contributed by atoms with Gasteiger partial charge in [-0.05, 0) is 23.8 Å². The highest BCUT2D eigenvalue weighted by atomic mass is 35.5. The summed E-state index contributed by atoms with van der Waals surface area (Å²) in [6.07, 6.45) is 2.19. The molecule has 0 aliphatic heterocycles. The molecule has 0 aromatic heterocycles. The van der Waals surface area contributed by atoms with Crippen molar-refractivity contribution in [1.82, 2.24) is 0 Å². The summed E-state index contributed by atoms with van der Waals surface area (Å²) in [5.41, 5.74) is 0.434. The molecule has 0 amide bonds. The normalized spacial score (nSPS) is 10.8. The summed E-state index contributed by atoms with van der Waals surface area (Å²) >= 11 is 11.0. The summed E-state index contributed by atoms with van der Waals surface area (Å²) in [6.45, 7) is 0. The molecule has 1 N–H and O–H groups in total. The van der Waals surface area contributed by atoms with E-state index < -0.39 is 11.8 Å². The Bertz CT molecular complexity index is 379. The zero-order chi connectivity index (χ0) is 10.7. The minimum atomic E-state index is -1.10. The van der Waals surface area contributed by atoms with E-state index in [1.165, 1.54) is 18.2 Å². The van der Waals surface area contributed by atoms with Gasteiger partial charge in [0.1, 0.15) is 0 Å². The molecule has 0 saturated carbocycles. The van der Waals surface area contributed by atoms with Gasteiger partial charge >= 0.3 is 5.97 Å². The van der Waals surface area contributed by atoms with Crippen molar-refractivity contribution < 1.29 is 14.3 Å². The van der Waals surface area contributed by atoms with E-state index in [1.807, 2.05) is 0 Å². The Morgan fingerprint density at radius 1 is 1.36 bits per heavy atom. The standard InChI is InChI=1S/C9H5Cl2FO2/c10-6-3-5(1-2-8(13)14)4-7(11)9(6)12/h1-4H,(H,13,14)/b2-1+. The van der Waals surface area contributed by atoms with Gasteiger partial charge in [0.2, 0.25) is 0 Å². The Morgan fingerprint density at radius 3 is 2.29 bits per heavy atom. The van der Waals surface area contributed by atoms with Crippen molar-refractivity contribution in [2.75, 3.05) is 0 Å². The van der Waals surface area contributed by atoms with E-state index in [9.17, 15) is 9.18 Å². The molecule has 2 nitrogen and oxygen atoms in total. The first kappa shape index (κ1) is 11.0. The fraction of sp³-hybridized carbons (Fsp3) is 0. The number of rotatable bonds is 2. The number of carboxylic acid groups (broad SMARTS) is 1. The maximum absolute atomic E-state index is 12.9. The van der Waals surface area contributed by atoms with E-state index in [4.69, 9.17) is 28.3 Å². The number of hydrogen-bond donors (Lipinski definition) is 1. The molecule has 0 spiro atoms. The summed E-state index contributed by atoms with van der Waals surface area (Å²) in [4.78, 5) is 10.2. The van der Waals surface area contributed by atoms with E-state index in [-0.39, 0.29) is 10.0 Å². The number of aliphatic carboxylic acids is 1. The molecule has 1 aromatic rings. The molecule has 0 radical (unpaired) electrons. The number of carboxylic acids is 1. The molecule has 0 fully saturated rings. The molecule has 14 heavy (non-hydrogen) atoms. The average molecular weight is 235 g/mol. The third-order valence-electron chi connectivity index (χ3n) is 1.42. The van der Waals surface area contributed by atoms with Crippen LogP contribution in [-0.4, -0.2) is 11.1 Å². The lowest BCUT2D eigenvalue weighted by Gasteiger charge is -1.99. The summed E-state index contributed by atoms with van der Waals surface area (Å²) < 4.78 is 12.9. The van der Waals surface area contributed by atoms with Crippen LogP contribution in [0.15, 0.2) is 18.2 Å².